The molecular formula is C21H30ClN3O4. The van der Waals surface area contributed by atoms with Gasteiger partial charge in [-0.3, -0.25) is 19.3 Å². The van der Waals surface area contributed by atoms with Crippen LogP contribution < -0.4 is 5.32 Å². The number of anilines is 1. The Morgan fingerprint density at radius 1 is 1.31 bits per heavy atom. The molecule has 1 N–H and O–H groups in total. The van der Waals surface area contributed by atoms with Crippen LogP contribution in [0.5, 0.6) is 0 Å². The van der Waals surface area contributed by atoms with Crippen LogP contribution in [-0.4, -0.2) is 66.9 Å². The Labute approximate surface area is 177 Å². The van der Waals surface area contributed by atoms with E-state index in [0.717, 1.165) is 24.9 Å². The van der Waals surface area contributed by atoms with Crippen molar-refractivity contribution in [3.8, 4) is 0 Å². The number of ether oxygens (including phenoxy) is 1. The van der Waals surface area contributed by atoms with E-state index < -0.39 is 0 Å². The third-order valence-electron chi connectivity index (χ3n) is 5.03. The fourth-order valence-electron chi connectivity index (χ4n) is 3.41. The first kappa shape index (κ1) is 23.2. The van der Waals surface area contributed by atoms with Crippen LogP contribution in [-0.2, 0) is 19.1 Å². The van der Waals surface area contributed by atoms with Crippen molar-refractivity contribution < 1.29 is 19.1 Å². The highest BCUT2D eigenvalue weighted by molar-refractivity contribution is 6.31. The highest BCUT2D eigenvalue weighted by atomic mass is 35.5. The van der Waals surface area contributed by atoms with Gasteiger partial charge in [-0.15, -0.1) is 0 Å². The first-order chi connectivity index (χ1) is 13.8. The van der Waals surface area contributed by atoms with Crippen molar-refractivity contribution in [3.63, 3.8) is 0 Å². The first-order valence-corrected chi connectivity index (χ1v) is 10.4. The number of carbonyl (C=O) groups excluding carboxylic acids is 3. The van der Waals surface area contributed by atoms with Crippen LogP contribution >= 0.6 is 11.6 Å². The van der Waals surface area contributed by atoms with Crippen LogP contribution in [0.1, 0.15) is 32.3 Å². The molecule has 29 heavy (non-hydrogen) atoms. The number of likely N-dealkylation sites (tertiary alicyclic amines) is 1. The number of carbonyl (C=O) groups is 3. The molecule has 7 nitrogen and oxygen atoms in total. The summed E-state index contributed by atoms with van der Waals surface area (Å²) in [5.74, 6) is -0.794. The first-order valence-electron chi connectivity index (χ1n) is 10.1. The standard InChI is InChI=1S/C21H30ClN3O4/c1-4-25(13-19(26)23-18-11-17(22)9-8-15(18)3)20(27)14-24-10-6-7-16(12-24)21(28)29-5-2/h8-9,11,16H,4-7,10,12-14H2,1-3H3,(H,23,26)/t16-/m0/s1. The summed E-state index contributed by atoms with van der Waals surface area (Å²) in [7, 11) is 0. The van der Waals surface area contributed by atoms with Gasteiger partial charge in [0.25, 0.3) is 0 Å². The highest BCUT2D eigenvalue weighted by Gasteiger charge is 2.29. The van der Waals surface area contributed by atoms with Crippen LogP contribution in [0.25, 0.3) is 0 Å². The Hall–Kier alpha value is -2.12. The van der Waals surface area contributed by atoms with Crippen molar-refractivity contribution in [2.24, 2.45) is 5.92 Å². The molecule has 8 heteroatoms. The summed E-state index contributed by atoms with van der Waals surface area (Å²) >= 11 is 5.99. The van der Waals surface area contributed by atoms with Gasteiger partial charge >= 0.3 is 5.97 Å². The summed E-state index contributed by atoms with van der Waals surface area (Å²) in [4.78, 5) is 40.6. The van der Waals surface area contributed by atoms with Gasteiger partial charge in [-0.2, -0.15) is 0 Å². The number of nitrogens with one attached hydrogen (secondary N) is 1. The van der Waals surface area contributed by atoms with Crippen LogP contribution in [0.3, 0.4) is 0 Å². The predicted octanol–water partition coefficient (Wildman–Crippen LogP) is 2.71. The van der Waals surface area contributed by atoms with Gasteiger partial charge in [0.15, 0.2) is 0 Å². The minimum atomic E-state index is -0.270. The summed E-state index contributed by atoms with van der Waals surface area (Å²) in [5.41, 5.74) is 1.54. The molecule has 160 valence electrons. The molecule has 1 aromatic carbocycles. The number of halogens is 1. The number of aryl methyl sites for hydroxylation is 1. The molecule has 0 spiro atoms. The molecule has 0 saturated carbocycles. The molecule has 2 amide bonds. The molecule has 1 aromatic rings. The number of piperidine rings is 1. The number of hydrogen-bond donors (Lipinski definition) is 1. The maximum atomic E-state index is 12.7. The smallest absolute Gasteiger partial charge is 0.310 e. The van der Waals surface area contributed by atoms with Crippen molar-refractivity contribution in [1.82, 2.24) is 9.80 Å². The zero-order valence-corrected chi connectivity index (χ0v) is 18.1. The van der Waals surface area contributed by atoms with Gasteiger partial charge in [-0.25, -0.2) is 0 Å². The molecular weight excluding hydrogens is 394 g/mol. The van der Waals surface area contributed by atoms with Crippen molar-refractivity contribution in [2.75, 3.05) is 44.6 Å². The molecule has 1 heterocycles. The number of hydrogen-bond acceptors (Lipinski definition) is 5. The van der Waals surface area contributed by atoms with Gasteiger partial charge < -0.3 is 15.0 Å². The highest BCUT2D eigenvalue weighted by Crippen LogP contribution is 2.20. The van der Waals surface area contributed by atoms with Crippen LogP contribution in [0, 0.1) is 12.8 Å². The molecule has 2 rings (SSSR count). The summed E-state index contributed by atoms with van der Waals surface area (Å²) in [5, 5.41) is 3.36. The molecule has 0 aliphatic carbocycles. The molecule has 0 aromatic heterocycles. The largest absolute Gasteiger partial charge is 0.466 e. The summed E-state index contributed by atoms with van der Waals surface area (Å²) < 4.78 is 5.11. The molecule has 0 radical (unpaired) electrons. The normalized spacial score (nSPS) is 16.9. The van der Waals surface area contributed by atoms with Crippen LogP contribution in [0.15, 0.2) is 18.2 Å². The molecule has 1 aliphatic rings. The number of benzene rings is 1. The zero-order valence-electron chi connectivity index (χ0n) is 17.4. The fraction of sp³-hybridized carbons (Fsp3) is 0.571. The lowest BCUT2D eigenvalue weighted by atomic mass is 9.98. The minimum absolute atomic E-state index is 0.0313. The molecule has 1 atom stereocenters. The maximum Gasteiger partial charge on any atom is 0.310 e. The SMILES string of the molecule is CCOC(=O)[C@H]1CCCN(CC(=O)N(CC)CC(=O)Nc2cc(Cl)ccc2C)C1. The van der Waals surface area contributed by atoms with E-state index in [1.807, 2.05) is 24.8 Å². The van der Waals surface area contributed by atoms with E-state index in [0.29, 0.717) is 30.4 Å². The lowest BCUT2D eigenvalue weighted by molar-refractivity contribution is -0.150. The average molecular weight is 424 g/mol. The Balaban J connectivity index is 1.90. The number of likely N-dealkylation sites (N-methyl/N-ethyl adjacent to an activating group) is 1. The molecule has 0 bridgehead atoms. The van der Waals surface area contributed by atoms with Gasteiger partial charge in [0, 0.05) is 23.8 Å². The van der Waals surface area contributed by atoms with Crippen LogP contribution in [0.4, 0.5) is 5.69 Å². The summed E-state index contributed by atoms with van der Waals surface area (Å²) in [6.45, 7) is 7.72. The van der Waals surface area contributed by atoms with Crippen molar-refractivity contribution in [1.29, 1.82) is 0 Å². The zero-order chi connectivity index (χ0) is 21.4. The lowest BCUT2D eigenvalue weighted by Crippen LogP contribution is -2.47. The Bertz CT molecular complexity index is 741. The molecule has 1 saturated heterocycles. The molecule has 1 aliphatic heterocycles. The van der Waals surface area contributed by atoms with E-state index in [-0.39, 0.29) is 36.8 Å². The van der Waals surface area contributed by atoms with Gasteiger partial charge in [0.2, 0.25) is 11.8 Å². The second-order valence-corrected chi connectivity index (χ2v) is 7.68. The monoisotopic (exact) mass is 423 g/mol. The topological polar surface area (TPSA) is 79.0 Å². The van der Waals surface area contributed by atoms with E-state index in [2.05, 4.69) is 5.32 Å². The number of amides is 2. The van der Waals surface area contributed by atoms with Crippen molar-refractivity contribution in [2.45, 2.75) is 33.6 Å². The third-order valence-corrected chi connectivity index (χ3v) is 5.26. The maximum absolute atomic E-state index is 12.7. The minimum Gasteiger partial charge on any atom is -0.466 e. The Kier molecular flexibility index (Phi) is 8.92. The number of rotatable bonds is 8. The Morgan fingerprint density at radius 2 is 2.07 bits per heavy atom. The average Bonchev–Trinajstić information content (AvgIpc) is 2.69. The number of nitrogens with zero attached hydrogens (tertiary/aromatic N) is 2. The molecule has 1 fully saturated rings. The van der Waals surface area contributed by atoms with Crippen molar-refractivity contribution in [3.05, 3.63) is 28.8 Å². The second kappa shape index (κ2) is 11.2. The quantitative estimate of drug-likeness (QED) is 0.650. The van der Waals surface area contributed by atoms with Gasteiger partial charge in [-0.05, 0) is 57.9 Å². The van der Waals surface area contributed by atoms with E-state index in [1.165, 1.54) is 4.90 Å². The lowest BCUT2D eigenvalue weighted by Gasteiger charge is -2.32. The van der Waals surface area contributed by atoms with Crippen LogP contribution in [0.2, 0.25) is 5.02 Å². The van der Waals surface area contributed by atoms with Crippen molar-refractivity contribution >= 4 is 35.1 Å². The Morgan fingerprint density at radius 3 is 2.76 bits per heavy atom. The fourth-order valence-corrected chi connectivity index (χ4v) is 3.58. The van der Waals surface area contributed by atoms with Gasteiger partial charge in [-0.1, -0.05) is 17.7 Å². The second-order valence-electron chi connectivity index (χ2n) is 7.24. The van der Waals surface area contributed by atoms with E-state index in [4.69, 9.17) is 16.3 Å². The summed E-state index contributed by atoms with van der Waals surface area (Å²) in [6, 6.07) is 5.28. The van der Waals surface area contributed by atoms with E-state index >= 15 is 0 Å². The van der Waals surface area contributed by atoms with Gasteiger partial charge in [0.05, 0.1) is 25.6 Å². The third kappa shape index (κ3) is 7.01. The predicted molar refractivity (Wildman–Crippen MR) is 113 cm³/mol. The van der Waals surface area contributed by atoms with E-state index in [9.17, 15) is 14.4 Å². The number of esters is 1. The van der Waals surface area contributed by atoms with E-state index in [1.54, 1.807) is 19.1 Å². The summed E-state index contributed by atoms with van der Waals surface area (Å²) in [6.07, 6.45) is 1.62. The molecule has 0 unspecified atom stereocenters. The van der Waals surface area contributed by atoms with Gasteiger partial charge in [0.1, 0.15) is 0 Å².